The number of hydroxylamine groups is 2. The molecule has 0 saturated carbocycles. The molecular formula is C14H12N2O5. The first kappa shape index (κ1) is 12.5. The molecule has 2 saturated heterocycles. The van der Waals surface area contributed by atoms with Gasteiger partial charge in [0, 0.05) is 24.6 Å². The number of imide groups is 1. The van der Waals surface area contributed by atoms with Gasteiger partial charge in [-0.3, -0.25) is 14.6 Å². The molecule has 21 heavy (non-hydrogen) atoms. The van der Waals surface area contributed by atoms with Gasteiger partial charge in [-0.1, -0.05) is 0 Å². The van der Waals surface area contributed by atoms with Gasteiger partial charge in [-0.05, 0) is 19.1 Å². The van der Waals surface area contributed by atoms with Crippen molar-refractivity contribution in [2.75, 3.05) is 6.61 Å². The van der Waals surface area contributed by atoms with Crippen LogP contribution in [0.2, 0.25) is 0 Å². The second-order valence-corrected chi connectivity index (χ2v) is 5.12. The summed E-state index contributed by atoms with van der Waals surface area (Å²) in [6.45, 7) is 2.07. The van der Waals surface area contributed by atoms with Crippen molar-refractivity contribution in [3.8, 4) is 0 Å². The average Bonchev–Trinajstić information content (AvgIpc) is 3.11. The zero-order chi connectivity index (χ0) is 14.6. The van der Waals surface area contributed by atoms with Crippen LogP contribution in [0.5, 0.6) is 0 Å². The second kappa shape index (κ2) is 4.12. The molecule has 7 heteroatoms. The van der Waals surface area contributed by atoms with Gasteiger partial charge < -0.3 is 9.15 Å². The van der Waals surface area contributed by atoms with E-state index in [0.717, 1.165) is 10.6 Å². The Hall–Kier alpha value is -2.25. The first-order chi connectivity index (χ1) is 10.1. The van der Waals surface area contributed by atoms with Crippen LogP contribution in [0.4, 0.5) is 0 Å². The van der Waals surface area contributed by atoms with Crippen LogP contribution in [0.1, 0.15) is 24.2 Å². The lowest BCUT2D eigenvalue weighted by Gasteiger charge is -2.18. The highest BCUT2D eigenvalue weighted by atomic mass is 16.9. The van der Waals surface area contributed by atoms with Gasteiger partial charge >= 0.3 is 0 Å². The summed E-state index contributed by atoms with van der Waals surface area (Å²) in [6.07, 6.45) is 1.99. The van der Waals surface area contributed by atoms with E-state index in [1.165, 1.54) is 0 Å². The number of carbonyl (C=O) groups is 2. The molecule has 0 aliphatic carbocycles. The number of nitrogens with zero attached hydrogens (tertiary/aromatic N) is 2. The van der Waals surface area contributed by atoms with E-state index in [4.69, 9.17) is 14.0 Å². The van der Waals surface area contributed by atoms with Gasteiger partial charge in [0.2, 0.25) is 0 Å². The zero-order valence-electron chi connectivity index (χ0n) is 11.3. The Morgan fingerprint density at radius 3 is 2.67 bits per heavy atom. The van der Waals surface area contributed by atoms with Crippen molar-refractivity contribution in [3.63, 3.8) is 0 Å². The molecule has 0 radical (unpaired) electrons. The fraction of sp³-hybridized carbons (Fsp3) is 0.357. The van der Waals surface area contributed by atoms with Crippen molar-refractivity contribution in [1.82, 2.24) is 10.0 Å². The molecule has 1 unspecified atom stereocenters. The number of hydrogen-bond donors (Lipinski definition) is 0. The Labute approximate surface area is 119 Å². The highest BCUT2D eigenvalue weighted by molar-refractivity contribution is 6.00. The highest BCUT2D eigenvalue weighted by Crippen LogP contribution is 2.45. The maximum absolute atomic E-state index is 11.7. The number of furan rings is 1. The third-order valence-corrected chi connectivity index (χ3v) is 3.68. The van der Waals surface area contributed by atoms with Gasteiger partial charge in [0.15, 0.2) is 11.3 Å². The lowest BCUT2D eigenvalue weighted by molar-refractivity contribution is -0.234. The molecule has 0 aromatic carbocycles. The van der Waals surface area contributed by atoms with Crippen molar-refractivity contribution in [2.45, 2.75) is 25.6 Å². The van der Waals surface area contributed by atoms with Gasteiger partial charge in [0.1, 0.15) is 12.1 Å². The summed E-state index contributed by atoms with van der Waals surface area (Å²) in [7, 11) is 0. The van der Waals surface area contributed by atoms with Gasteiger partial charge in [-0.2, -0.15) is 0 Å². The van der Waals surface area contributed by atoms with E-state index in [9.17, 15) is 9.59 Å². The van der Waals surface area contributed by atoms with Gasteiger partial charge in [0.05, 0.1) is 0 Å². The van der Waals surface area contributed by atoms with Crippen molar-refractivity contribution in [1.29, 1.82) is 0 Å². The van der Waals surface area contributed by atoms with Crippen molar-refractivity contribution >= 4 is 22.9 Å². The van der Waals surface area contributed by atoms with E-state index < -0.39 is 5.79 Å². The van der Waals surface area contributed by atoms with Crippen LogP contribution in [0.3, 0.4) is 0 Å². The largest absolute Gasteiger partial charge is 0.453 e. The standard InChI is InChI=1S/C14H12N2O5/c1-8-12-9(3-2-6-15-12)20-13(8)14(7-19-14)21-16-10(17)4-5-11(16)18/h2-3,6H,4-5,7H2,1H3. The smallest absolute Gasteiger partial charge is 0.277 e. The quantitative estimate of drug-likeness (QED) is 0.627. The molecule has 108 valence electrons. The fourth-order valence-electron chi connectivity index (χ4n) is 2.51. The maximum Gasteiger partial charge on any atom is 0.277 e. The lowest BCUT2D eigenvalue weighted by atomic mass is 10.2. The Balaban J connectivity index is 1.72. The van der Waals surface area contributed by atoms with Gasteiger partial charge in [-0.15, -0.1) is 5.06 Å². The molecule has 2 aromatic heterocycles. The van der Waals surface area contributed by atoms with Crippen LogP contribution in [-0.4, -0.2) is 28.5 Å². The summed E-state index contributed by atoms with van der Waals surface area (Å²) in [4.78, 5) is 33.1. The third kappa shape index (κ3) is 1.78. The molecule has 1 atom stereocenters. The summed E-state index contributed by atoms with van der Waals surface area (Å²) in [5.41, 5.74) is 2.11. The molecule has 4 rings (SSSR count). The number of carbonyl (C=O) groups excluding carboxylic acids is 2. The molecule has 4 heterocycles. The number of ether oxygens (including phenoxy) is 1. The topological polar surface area (TPSA) is 85.2 Å². The highest BCUT2D eigenvalue weighted by Gasteiger charge is 2.57. The number of aryl methyl sites for hydroxylation is 1. The molecule has 2 fully saturated rings. The lowest BCUT2D eigenvalue weighted by Crippen LogP contribution is -2.34. The predicted molar refractivity (Wildman–Crippen MR) is 68.5 cm³/mol. The Morgan fingerprint density at radius 2 is 2.05 bits per heavy atom. The van der Waals surface area contributed by atoms with Crippen LogP contribution >= 0.6 is 0 Å². The normalized spacial score (nSPS) is 25.1. The minimum absolute atomic E-state index is 0.162. The molecule has 2 aromatic rings. The van der Waals surface area contributed by atoms with Crippen LogP contribution in [0.15, 0.2) is 22.7 Å². The first-order valence-corrected chi connectivity index (χ1v) is 6.64. The van der Waals surface area contributed by atoms with E-state index in [-0.39, 0.29) is 31.3 Å². The van der Waals surface area contributed by atoms with E-state index in [2.05, 4.69) is 4.98 Å². The van der Waals surface area contributed by atoms with E-state index in [1.807, 2.05) is 6.92 Å². The zero-order valence-corrected chi connectivity index (χ0v) is 11.3. The van der Waals surface area contributed by atoms with Crippen molar-refractivity contribution in [3.05, 3.63) is 29.7 Å². The van der Waals surface area contributed by atoms with E-state index >= 15 is 0 Å². The molecular weight excluding hydrogens is 276 g/mol. The molecule has 0 bridgehead atoms. The van der Waals surface area contributed by atoms with Crippen LogP contribution < -0.4 is 0 Å². The number of pyridine rings is 1. The SMILES string of the molecule is Cc1c(C2(ON3C(=O)CCC3=O)CO2)oc2cccnc12. The Kier molecular flexibility index (Phi) is 2.45. The molecule has 2 aliphatic rings. The Bertz CT molecular complexity index is 746. The number of aromatic nitrogens is 1. The fourth-order valence-corrected chi connectivity index (χ4v) is 2.51. The maximum atomic E-state index is 11.7. The molecule has 0 N–H and O–H groups in total. The van der Waals surface area contributed by atoms with Crippen molar-refractivity contribution < 1.29 is 23.6 Å². The summed E-state index contributed by atoms with van der Waals surface area (Å²) in [5.74, 6) is -1.47. The van der Waals surface area contributed by atoms with Crippen molar-refractivity contribution in [2.24, 2.45) is 0 Å². The number of rotatable bonds is 3. The van der Waals surface area contributed by atoms with E-state index in [1.54, 1.807) is 18.3 Å². The van der Waals surface area contributed by atoms with Gasteiger partial charge in [0.25, 0.3) is 17.6 Å². The number of hydrogen-bond acceptors (Lipinski definition) is 6. The van der Waals surface area contributed by atoms with Crippen LogP contribution in [0, 0.1) is 6.92 Å². The minimum atomic E-state index is -1.19. The number of epoxide rings is 1. The Morgan fingerprint density at radius 1 is 1.33 bits per heavy atom. The van der Waals surface area contributed by atoms with Crippen LogP contribution in [0.25, 0.3) is 11.1 Å². The second-order valence-electron chi connectivity index (χ2n) is 5.12. The number of amides is 2. The summed E-state index contributed by atoms with van der Waals surface area (Å²) in [5, 5.41) is 0.785. The average molecular weight is 288 g/mol. The summed E-state index contributed by atoms with van der Waals surface area (Å²) in [6, 6.07) is 3.56. The predicted octanol–water partition coefficient (Wildman–Crippen LogP) is 1.40. The number of fused-ring (bicyclic) bond motifs is 1. The molecule has 2 amide bonds. The summed E-state index contributed by atoms with van der Waals surface area (Å²) >= 11 is 0. The van der Waals surface area contributed by atoms with E-state index in [0.29, 0.717) is 16.9 Å². The molecule has 7 nitrogen and oxygen atoms in total. The molecule has 0 spiro atoms. The summed E-state index contributed by atoms with van der Waals surface area (Å²) < 4.78 is 11.1. The van der Waals surface area contributed by atoms with Gasteiger partial charge in [-0.25, -0.2) is 4.84 Å². The first-order valence-electron chi connectivity index (χ1n) is 6.64. The monoisotopic (exact) mass is 288 g/mol. The third-order valence-electron chi connectivity index (χ3n) is 3.68. The van der Waals surface area contributed by atoms with Crippen LogP contribution in [-0.2, 0) is 25.0 Å². The molecule has 2 aliphatic heterocycles. The minimum Gasteiger partial charge on any atom is -0.453 e.